The molecule has 0 saturated heterocycles. The standard InChI is InChI=1S/C17H22Cl2N2O5S/c1-2-7-21(10-12-3-4-12)16(22)11-26-17(23)9-20-27(24,25)13-5-6-14(18)15(19)8-13/h5-6,8,12,20H,2-4,7,9-11H2,1H3. The maximum Gasteiger partial charge on any atom is 0.321 e. The summed E-state index contributed by atoms with van der Waals surface area (Å²) in [5.74, 6) is -0.575. The van der Waals surface area contributed by atoms with E-state index in [0.717, 1.165) is 19.3 Å². The molecule has 1 amide bonds. The molecular formula is C17H22Cl2N2O5S. The van der Waals surface area contributed by atoms with Crippen molar-refractivity contribution in [3.8, 4) is 0 Å². The molecule has 1 fully saturated rings. The van der Waals surface area contributed by atoms with Gasteiger partial charge in [0.2, 0.25) is 10.0 Å². The number of rotatable bonds is 10. The zero-order valence-electron chi connectivity index (χ0n) is 14.9. The van der Waals surface area contributed by atoms with Gasteiger partial charge in [-0.1, -0.05) is 30.1 Å². The lowest BCUT2D eigenvalue weighted by molar-refractivity contribution is -0.151. The van der Waals surface area contributed by atoms with E-state index in [-0.39, 0.29) is 20.8 Å². The van der Waals surface area contributed by atoms with E-state index >= 15 is 0 Å². The molecule has 0 radical (unpaired) electrons. The number of carbonyl (C=O) groups excluding carboxylic acids is 2. The first-order valence-electron chi connectivity index (χ1n) is 8.61. The molecule has 0 aromatic heterocycles. The summed E-state index contributed by atoms with van der Waals surface area (Å²) in [5, 5.41) is 0.302. The van der Waals surface area contributed by atoms with Crippen molar-refractivity contribution in [2.75, 3.05) is 26.2 Å². The average Bonchev–Trinajstić information content (AvgIpc) is 3.44. The summed E-state index contributed by atoms with van der Waals surface area (Å²) >= 11 is 11.6. The van der Waals surface area contributed by atoms with Gasteiger partial charge in [0.15, 0.2) is 6.61 Å². The van der Waals surface area contributed by atoms with Crippen molar-refractivity contribution in [1.82, 2.24) is 9.62 Å². The van der Waals surface area contributed by atoms with Crippen LogP contribution < -0.4 is 4.72 Å². The Morgan fingerprint density at radius 1 is 1.26 bits per heavy atom. The van der Waals surface area contributed by atoms with Gasteiger partial charge >= 0.3 is 5.97 Å². The fourth-order valence-electron chi connectivity index (χ4n) is 2.37. The number of hydrogen-bond acceptors (Lipinski definition) is 5. The van der Waals surface area contributed by atoms with Crippen molar-refractivity contribution in [2.24, 2.45) is 5.92 Å². The van der Waals surface area contributed by atoms with E-state index in [1.807, 2.05) is 6.92 Å². The Morgan fingerprint density at radius 2 is 1.96 bits per heavy atom. The molecule has 1 saturated carbocycles. The minimum atomic E-state index is -3.96. The van der Waals surface area contributed by atoms with E-state index in [1.165, 1.54) is 18.2 Å². The van der Waals surface area contributed by atoms with Crippen LogP contribution in [0.3, 0.4) is 0 Å². The molecule has 0 bridgehead atoms. The molecule has 0 aliphatic heterocycles. The quantitative estimate of drug-likeness (QED) is 0.568. The molecule has 27 heavy (non-hydrogen) atoms. The van der Waals surface area contributed by atoms with Crippen LogP contribution >= 0.6 is 23.2 Å². The van der Waals surface area contributed by atoms with Crippen molar-refractivity contribution in [2.45, 2.75) is 31.1 Å². The molecule has 0 unspecified atom stereocenters. The molecule has 0 heterocycles. The Hall–Kier alpha value is -1.35. The lowest BCUT2D eigenvalue weighted by Gasteiger charge is -2.21. The van der Waals surface area contributed by atoms with Crippen LogP contribution in [0.1, 0.15) is 26.2 Å². The van der Waals surface area contributed by atoms with Gasteiger partial charge in [0.05, 0.1) is 14.9 Å². The summed E-state index contributed by atoms with van der Waals surface area (Å²) in [6.07, 6.45) is 3.05. The number of halogens is 2. The highest BCUT2D eigenvalue weighted by Gasteiger charge is 2.27. The second-order valence-corrected chi connectivity index (χ2v) is 8.93. The summed E-state index contributed by atoms with van der Waals surface area (Å²) in [6.45, 7) is 2.26. The lowest BCUT2D eigenvalue weighted by Crippen LogP contribution is -2.38. The lowest BCUT2D eigenvalue weighted by atomic mass is 10.3. The average molecular weight is 437 g/mol. The van der Waals surface area contributed by atoms with Gasteiger partial charge in [-0.15, -0.1) is 0 Å². The first-order chi connectivity index (χ1) is 12.7. The number of nitrogens with zero attached hydrogens (tertiary/aromatic N) is 1. The monoisotopic (exact) mass is 436 g/mol. The number of carbonyl (C=O) groups is 2. The molecule has 150 valence electrons. The minimum absolute atomic E-state index is 0.0828. The van der Waals surface area contributed by atoms with Gasteiger partial charge in [0, 0.05) is 13.1 Å². The Balaban J connectivity index is 1.82. The molecule has 1 aliphatic rings. The first-order valence-corrected chi connectivity index (χ1v) is 10.8. The highest BCUT2D eigenvalue weighted by Crippen LogP contribution is 2.29. The SMILES string of the molecule is CCCN(CC1CC1)C(=O)COC(=O)CNS(=O)(=O)c1ccc(Cl)c(Cl)c1. The van der Waals surface area contributed by atoms with Gasteiger partial charge in [0.1, 0.15) is 6.54 Å². The summed E-state index contributed by atoms with van der Waals surface area (Å²) in [4.78, 5) is 25.5. The molecule has 7 nitrogen and oxygen atoms in total. The fourth-order valence-corrected chi connectivity index (χ4v) is 3.72. The van der Waals surface area contributed by atoms with E-state index < -0.39 is 29.1 Å². The summed E-state index contributed by atoms with van der Waals surface area (Å²) in [7, 11) is -3.96. The maximum atomic E-state index is 12.2. The zero-order chi connectivity index (χ0) is 20.0. The Bertz CT molecular complexity index is 797. The number of esters is 1. The van der Waals surface area contributed by atoms with Crippen LogP contribution in [0.25, 0.3) is 0 Å². The third-order valence-corrected chi connectivity index (χ3v) is 6.12. The topological polar surface area (TPSA) is 92.8 Å². The van der Waals surface area contributed by atoms with Crippen LogP contribution in [0.2, 0.25) is 10.0 Å². The van der Waals surface area contributed by atoms with Gasteiger partial charge in [-0.3, -0.25) is 9.59 Å². The van der Waals surface area contributed by atoms with Gasteiger partial charge in [-0.05, 0) is 43.4 Å². The minimum Gasteiger partial charge on any atom is -0.455 e. The van der Waals surface area contributed by atoms with E-state index in [1.54, 1.807) is 4.90 Å². The number of benzene rings is 1. The van der Waals surface area contributed by atoms with E-state index in [9.17, 15) is 18.0 Å². The third-order valence-electron chi connectivity index (χ3n) is 3.99. The van der Waals surface area contributed by atoms with Crippen molar-refractivity contribution in [3.05, 3.63) is 28.2 Å². The van der Waals surface area contributed by atoms with Crippen molar-refractivity contribution in [3.63, 3.8) is 0 Å². The molecule has 1 aromatic carbocycles. The number of hydrogen-bond donors (Lipinski definition) is 1. The van der Waals surface area contributed by atoms with Crippen molar-refractivity contribution in [1.29, 1.82) is 0 Å². The first kappa shape index (κ1) is 21.9. The van der Waals surface area contributed by atoms with Gasteiger partial charge < -0.3 is 9.64 Å². The van der Waals surface area contributed by atoms with Crippen LogP contribution in [-0.4, -0.2) is 51.4 Å². The van der Waals surface area contributed by atoms with Gasteiger partial charge in [-0.25, -0.2) is 8.42 Å². The van der Waals surface area contributed by atoms with Crippen molar-refractivity contribution >= 4 is 45.1 Å². The summed E-state index contributed by atoms with van der Waals surface area (Å²) < 4.78 is 31.3. The van der Waals surface area contributed by atoms with Crippen LogP contribution in [0.15, 0.2) is 23.1 Å². The molecule has 2 rings (SSSR count). The molecule has 0 spiro atoms. The number of ether oxygens (including phenoxy) is 1. The summed E-state index contributed by atoms with van der Waals surface area (Å²) in [6, 6.07) is 3.80. The van der Waals surface area contributed by atoms with Crippen molar-refractivity contribution < 1.29 is 22.7 Å². The van der Waals surface area contributed by atoms with Gasteiger partial charge in [-0.2, -0.15) is 4.72 Å². The second kappa shape index (κ2) is 9.73. The Kier molecular flexibility index (Phi) is 7.91. The zero-order valence-corrected chi connectivity index (χ0v) is 17.2. The predicted octanol–water partition coefficient (Wildman–Crippen LogP) is 2.46. The largest absolute Gasteiger partial charge is 0.455 e. The molecule has 1 N–H and O–H groups in total. The highest BCUT2D eigenvalue weighted by atomic mass is 35.5. The molecule has 10 heteroatoms. The van der Waals surface area contributed by atoms with Crippen LogP contribution in [0.5, 0.6) is 0 Å². The Morgan fingerprint density at radius 3 is 2.56 bits per heavy atom. The maximum absolute atomic E-state index is 12.2. The predicted molar refractivity (Wildman–Crippen MR) is 102 cm³/mol. The third kappa shape index (κ3) is 6.95. The van der Waals surface area contributed by atoms with Crippen LogP contribution in [0.4, 0.5) is 0 Å². The second-order valence-electron chi connectivity index (χ2n) is 6.34. The normalized spacial score (nSPS) is 14.0. The van der Waals surface area contributed by atoms with Gasteiger partial charge in [0.25, 0.3) is 5.91 Å². The highest BCUT2D eigenvalue weighted by molar-refractivity contribution is 7.89. The molecule has 1 aliphatic carbocycles. The number of sulfonamides is 1. The van der Waals surface area contributed by atoms with E-state index in [4.69, 9.17) is 27.9 Å². The van der Waals surface area contributed by atoms with E-state index in [2.05, 4.69) is 4.72 Å². The Labute approximate surface area is 169 Å². The number of amides is 1. The van der Waals surface area contributed by atoms with Crippen LogP contribution in [-0.2, 0) is 24.3 Å². The van der Waals surface area contributed by atoms with Crippen LogP contribution in [0, 0.1) is 5.92 Å². The number of nitrogens with one attached hydrogen (secondary N) is 1. The summed E-state index contributed by atoms with van der Waals surface area (Å²) in [5.41, 5.74) is 0. The smallest absolute Gasteiger partial charge is 0.321 e. The molecule has 1 aromatic rings. The fraction of sp³-hybridized carbons (Fsp3) is 0.529. The van der Waals surface area contributed by atoms with E-state index in [0.29, 0.717) is 19.0 Å². The molecular weight excluding hydrogens is 415 g/mol. The molecule has 0 atom stereocenters.